The molecule has 0 radical (unpaired) electrons. The third-order valence-electron chi connectivity index (χ3n) is 4.79. The SMILES string of the molecule is Cc1ccc(CNC(=O)Cn2nc(C)c(S(=O)(=O)N3CCOCC3)c2C)cc1. The number of aromatic nitrogens is 2. The van der Waals surface area contributed by atoms with Crippen molar-refractivity contribution in [3.8, 4) is 0 Å². The number of nitrogens with zero attached hydrogens (tertiary/aromatic N) is 3. The Labute approximate surface area is 165 Å². The van der Waals surface area contributed by atoms with Gasteiger partial charge in [-0.15, -0.1) is 0 Å². The number of rotatable bonds is 6. The average molecular weight is 407 g/mol. The molecule has 3 rings (SSSR count). The van der Waals surface area contributed by atoms with E-state index in [0.717, 1.165) is 11.1 Å². The molecule has 1 fully saturated rings. The molecule has 1 saturated heterocycles. The second-order valence-electron chi connectivity index (χ2n) is 6.94. The van der Waals surface area contributed by atoms with Gasteiger partial charge < -0.3 is 10.1 Å². The maximum atomic E-state index is 13.0. The van der Waals surface area contributed by atoms with E-state index in [2.05, 4.69) is 10.4 Å². The minimum Gasteiger partial charge on any atom is -0.379 e. The molecule has 8 nitrogen and oxygen atoms in total. The van der Waals surface area contributed by atoms with Crippen LogP contribution in [0.15, 0.2) is 29.2 Å². The highest BCUT2D eigenvalue weighted by atomic mass is 32.2. The minimum absolute atomic E-state index is 0.0306. The third-order valence-corrected chi connectivity index (χ3v) is 6.94. The summed E-state index contributed by atoms with van der Waals surface area (Å²) in [6.07, 6.45) is 0. The van der Waals surface area contributed by atoms with E-state index in [0.29, 0.717) is 44.2 Å². The van der Waals surface area contributed by atoms with Gasteiger partial charge in [-0.2, -0.15) is 9.40 Å². The first-order chi connectivity index (χ1) is 13.3. The molecule has 0 saturated carbocycles. The van der Waals surface area contributed by atoms with Crippen molar-refractivity contribution in [1.29, 1.82) is 0 Å². The molecule has 9 heteroatoms. The van der Waals surface area contributed by atoms with E-state index in [1.165, 1.54) is 8.99 Å². The standard InChI is InChI=1S/C19H26N4O4S/c1-14-4-6-17(7-5-14)12-20-18(24)13-23-16(3)19(15(2)21-23)28(25,26)22-8-10-27-11-9-22/h4-7H,8-13H2,1-3H3,(H,20,24). The molecule has 2 heterocycles. The summed E-state index contributed by atoms with van der Waals surface area (Å²) < 4.78 is 34.1. The number of benzene rings is 1. The molecule has 2 aromatic rings. The van der Waals surface area contributed by atoms with Crippen molar-refractivity contribution in [2.45, 2.75) is 38.8 Å². The molecular weight excluding hydrogens is 380 g/mol. The van der Waals surface area contributed by atoms with Crippen molar-refractivity contribution < 1.29 is 17.9 Å². The number of aryl methyl sites for hydroxylation is 2. The van der Waals surface area contributed by atoms with E-state index in [1.54, 1.807) is 13.8 Å². The van der Waals surface area contributed by atoms with Crippen LogP contribution in [-0.2, 0) is 32.6 Å². The van der Waals surface area contributed by atoms with Crippen molar-refractivity contribution in [3.63, 3.8) is 0 Å². The van der Waals surface area contributed by atoms with Gasteiger partial charge in [0.2, 0.25) is 15.9 Å². The molecule has 1 aromatic carbocycles. The summed E-state index contributed by atoms with van der Waals surface area (Å²) in [5.74, 6) is -0.221. The Kier molecular flexibility index (Phi) is 6.17. The van der Waals surface area contributed by atoms with Gasteiger partial charge in [0, 0.05) is 19.6 Å². The Morgan fingerprint density at radius 3 is 2.43 bits per heavy atom. The molecular formula is C19H26N4O4S. The highest BCUT2D eigenvalue weighted by Crippen LogP contribution is 2.24. The molecule has 0 aliphatic carbocycles. The number of carbonyl (C=O) groups is 1. The lowest BCUT2D eigenvalue weighted by Crippen LogP contribution is -2.41. The summed E-state index contributed by atoms with van der Waals surface area (Å²) in [5, 5.41) is 7.15. The van der Waals surface area contributed by atoms with Crippen LogP contribution in [0.5, 0.6) is 0 Å². The van der Waals surface area contributed by atoms with Crippen molar-refractivity contribution in [3.05, 3.63) is 46.8 Å². The lowest BCUT2D eigenvalue weighted by Gasteiger charge is -2.26. The van der Waals surface area contributed by atoms with Crippen molar-refractivity contribution in [2.75, 3.05) is 26.3 Å². The number of hydrogen-bond donors (Lipinski definition) is 1. The summed E-state index contributed by atoms with van der Waals surface area (Å²) in [6, 6.07) is 7.91. The Bertz CT molecular complexity index is 945. The molecule has 152 valence electrons. The molecule has 28 heavy (non-hydrogen) atoms. The van der Waals surface area contributed by atoms with Crippen LogP contribution in [0.1, 0.15) is 22.5 Å². The van der Waals surface area contributed by atoms with Gasteiger partial charge >= 0.3 is 0 Å². The molecule has 0 spiro atoms. The number of amides is 1. The van der Waals surface area contributed by atoms with Crippen LogP contribution in [0.3, 0.4) is 0 Å². The molecule has 0 unspecified atom stereocenters. The first-order valence-electron chi connectivity index (χ1n) is 9.23. The minimum atomic E-state index is -3.66. The summed E-state index contributed by atoms with van der Waals surface area (Å²) >= 11 is 0. The average Bonchev–Trinajstić information content (AvgIpc) is 2.95. The highest BCUT2D eigenvalue weighted by Gasteiger charge is 2.32. The van der Waals surface area contributed by atoms with Gasteiger partial charge in [0.1, 0.15) is 11.4 Å². The number of ether oxygens (including phenoxy) is 1. The monoisotopic (exact) mass is 406 g/mol. The molecule has 1 aromatic heterocycles. The number of sulfonamides is 1. The smallest absolute Gasteiger partial charge is 0.246 e. The maximum absolute atomic E-state index is 13.0. The van der Waals surface area contributed by atoms with Crippen molar-refractivity contribution in [1.82, 2.24) is 19.4 Å². The molecule has 0 atom stereocenters. The first kappa shape index (κ1) is 20.5. The zero-order chi connectivity index (χ0) is 20.3. The third kappa shape index (κ3) is 4.43. The topological polar surface area (TPSA) is 93.5 Å². The molecule has 1 aliphatic rings. The van der Waals surface area contributed by atoms with Gasteiger partial charge in [-0.25, -0.2) is 8.42 Å². The predicted molar refractivity (Wildman–Crippen MR) is 104 cm³/mol. The van der Waals surface area contributed by atoms with Crippen LogP contribution in [0, 0.1) is 20.8 Å². The quantitative estimate of drug-likeness (QED) is 0.777. The van der Waals surface area contributed by atoms with Crippen molar-refractivity contribution >= 4 is 15.9 Å². The van der Waals surface area contributed by atoms with Crippen LogP contribution in [0.25, 0.3) is 0 Å². The van der Waals surface area contributed by atoms with E-state index in [9.17, 15) is 13.2 Å². The van der Waals surface area contributed by atoms with Crippen LogP contribution < -0.4 is 5.32 Å². The molecule has 0 bridgehead atoms. The van der Waals surface area contributed by atoms with Gasteiger partial charge in [-0.1, -0.05) is 29.8 Å². The molecule has 1 N–H and O–H groups in total. The van der Waals surface area contributed by atoms with E-state index >= 15 is 0 Å². The van der Waals surface area contributed by atoms with Gasteiger partial charge in [0.25, 0.3) is 0 Å². The summed E-state index contributed by atoms with van der Waals surface area (Å²) in [4.78, 5) is 12.5. The van der Waals surface area contributed by atoms with Crippen LogP contribution >= 0.6 is 0 Å². The molecule has 1 amide bonds. The second kappa shape index (κ2) is 8.42. The fraction of sp³-hybridized carbons (Fsp3) is 0.474. The van der Waals surface area contributed by atoms with Crippen LogP contribution in [0.4, 0.5) is 0 Å². The number of nitrogens with one attached hydrogen (secondary N) is 1. The normalized spacial score (nSPS) is 15.5. The molecule has 1 aliphatic heterocycles. The highest BCUT2D eigenvalue weighted by molar-refractivity contribution is 7.89. The lowest BCUT2D eigenvalue weighted by atomic mass is 10.1. The lowest BCUT2D eigenvalue weighted by molar-refractivity contribution is -0.122. The van der Waals surface area contributed by atoms with Crippen LogP contribution in [-0.4, -0.2) is 54.7 Å². The number of morpholine rings is 1. The van der Waals surface area contributed by atoms with E-state index in [1.807, 2.05) is 31.2 Å². The second-order valence-corrected chi connectivity index (χ2v) is 8.81. The fourth-order valence-corrected chi connectivity index (χ4v) is 5.00. The predicted octanol–water partition coefficient (Wildman–Crippen LogP) is 1.15. The van der Waals surface area contributed by atoms with Crippen molar-refractivity contribution in [2.24, 2.45) is 0 Å². The number of carbonyl (C=O) groups excluding carboxylic acids is 1. The Morgan fingerprint density at radius 2 is 1.79 bits per heavy atom. The fourth-order valence-electron chi connectivity index (χ4n) is 3.22. The summed E-state index contributed by atoms with van der Waals surface area (Å²) in [6.45, 7) is 7.14. The maximum Gasteiger partial charge on any atom is 0.246 e. The first-order valence-corrected chi connectivity index (χ1v) is 10.7. The summed E-state index contributed by atoms with van der Waals surface area (Å²) in [5.41, 5.74) is 3.03. The summed E-state index contributed by atoms with van der Waals surface area (Å²) in [7, 11) is -3.66. The van der Waals surface area contributed by atoms with E-state index in [4.69, 9.17) is 4.74 Å². The zero-order valence-electron chi connectivity index (χ0n) is 16.4. The van der Waals surface area contributed by atoms with Gasteiger partial charge in [0.05, 0.1) is 24.6 Å². The van der Waals surface area contributed by atoms with Gasteiger partial charge in [-0.05, 0) is 26.3 Å². The van der Waals surface area contributed by atoms with Gasteiger partial charge in [0.15, 0.2) is 0 Å². The van der Waals surface area contributed by atoms with Crippen LogP contribution in [0.2, 0.25) is 0 Å². The Hall–Kier alpha value is -2.23. The van der Waals surface area contributed by atoms with Gasteiger partial charge in [-0.3, -0.25) is 9.48 Å². The number of hydrogen-bond acceptors (Lipinski definition) is 5. The Morgan fingerprint density at radius 1 is 1.14 bits per heavy atom. The zero-order valence-corrected chi connectivity index (χ0v) is 17.3. The van der Waals surface area contributed by atoms with E-state index < -0.39 is 10.0 Å². The van der Waals surface area contributed by atoms with E-state index in [-0.39, 0.29) is 17.3 Å². The largest absolute Gasteiger partial charge is 0.379 e. The Balaban J connectivity index is 1.70.